The third kappa shape index (κ3) is 6.64. The van der Waals surface area contributed by atoms with E-state index in [0.717, 1.165) is 36.9 Å². The van der Waals surface area contributed by atoms with Crippen molar-refractivity contribution < 1.29 is 4.74 Å². The molecular weight excluding hydrogens is 435 g/mol. The lowest BCUT2D eigenvalue weighted by Crippen LogP contribution is -2.38. The zero-order valence-electron chi connectivity index (χ0n) is 14.3. The average Bonchev–Trinajstić information content (AvgIpc) is 2.98. The van der Waals surface area contributed by atoms with Crippen molar-refractivity contribution in [2.75, 3.05) is 20.2 Å². The molecule has 0 saturated carbocycles. The fraction of sp³-hybridized carbons (Fsp3) is 0.412. The second-order valence-corrected chi connectivity index (χ2v) is 6.02. The Morgan fingerprint density at radius 3 is 2.58 bits per heavy atom. The van der Waals surface area contributed by atoms with Crippen LogP contribution in [-0.2, 0) is 13.0 Å². The smallest absolute Gasteiger partial charge is 0.191 e. The standard InChI is InChI=1S/C17H24N4OS.HI/c1-4-18-17(20-11-16-13(2)21-12-23-16)19-10-9-14-5-7-15(22-3)8-6-14;/h5-8,12H,4,9-11H2,1-3H3,(H2,18,19,20);1H. The quantitative estimate of drug-likeness (QED) is 0.378. The number of hydrogen-bond acceptors (Lipinski definition) is 4. The Morgan fingerprint density at radius 1 is 1.25 bits per heavy atom. The Balaban J connectivity index is 0.00000288. The van der Waals surface area contributed by atoms with Crippen LogP contribution in [0.25, 0.3) is 0 Å². The molecule has 0 unspecified atom stereocenters. The topological polar surface area (TPSA) is 58.5 Å². The van der Waals surface area contributed by atoms with Gasteiger partial charge in [0.05, 0.1) is 24.9 Å². The lowest BCUT2D eigenvalue weighted by Gasteiger charge is -2.11. The van der Waals surface area contributed by atoms with E-state index in [0.29, 0.717) is 6.54 Å². The maximum Gasteiger partial charge on any atom is 0.191 e. The van der Waals surface area contributed by atoms with Crippen LogP contribution < -0.4 is 15.4 Å². The SMILES string of the molecule is CCNC(=NCc1scnc1C)NCCc1ccc(OC)cc1.I. The van der Waals surface area contributed by atoms with Crippen LogP contribution in [-0.4, -0.2) is 31.1 Å². The Labute approximate surface area is 165 Å². The van der Waals surface area contributed by atoms with Gasteiger partial charge in [0.2, 0.25) is 0 Å². The van der Waals surface area contributed by atoms with E-state index < -0.39 is 0 Å². The number of halogens is 1. The Hall–Kier alpha value is -1.35. The summed E-state index contributed by atoms with van der Waals surface area (Å²) >= 11 is 1.65. The van der Waals surface area contributed by atoms with E-state index in [-0.39, 0.29) is 24.0 Å². The molecule has 0 spiro atoms. The highest BCUT2D eigenvalue weighted by Crippen LogP contribution is 2.13. The summed E-state index contributed by atoms with van der Waals surface area (Å²) < 4.78 is 5.17. The van der Waals surface area contributed by atoms with Gasteiger partial charge in [-0.15, -0.1) is 35.3 Å². The van der Waals surface area contributed by atoms with Crippen molar-refractivity contribution in [1.82, 2.24) is 15.6 Å². The zero-order chi connectivity index (χ0) is 16.5. The van der Waals surface area contributed by atoms with Crippen molar-refractivity contribution in [3.63, 3.8) is 0 Å². The van der Waals surface area contributed by atoms with E-state index in [9.17, 15) is 0 Å². The molecule has 0 aliphatic carbocycles. The molecule has 2 aromatic rings. The first-order valence-electron chi connectivity index (χ1n) is 7.77. The number of aliphatic imine (C=N–C) groups is 1. The Bertz CT molecular complexity index is 628. The summed E-state index contributed by atoms with van der Waals surface area (Å²) in [6.07, 6.45) is 0.938. The van der Waals surface area contributed by atoms with Crippen LogP contribution in [0.1, 0.15) is 23.1 Å². The molecule has 1 heterocycles. The predicted molar refractivity (Wildman–Crippen MR) is 112 cm³/mol. The molecule has 0 aliphatic rings. The number of hydrogen-bond donors (Lipinski definition) is 2. The number of ether oxygens (including phenoxy) is 1. The second kappa shape index (κ2) is 11.2. The van der Waals surface area contributed by atoms with Gasteiger partial charge in [-0.3, -0.25) is 0 Å². The van der Waals surface area contributed by atoms with Crippen LogP contribution in [0.4, 0.5) is 0 Å². The summed E-state index contributed by atoms with van der Waals surface area (Å²) in [7, 11) is 1.68. The average molecular weight is 460 g/mol. The van der Waals surface area contributed by atoms with E-state index >= 15 is 0 Å². The number of thiazole rings is 1. The zero-order valence-corrected chi connectivity index (χ0v) is 17.5. The van der Waals surface area contributed by atoms with Crippen LogP contribution in [0, 0.1) is 6.92 Å². The number of benzene rings is 1. The second-order valence-electron chi connectivity index (χ2n) is 5.08. The number of rotatable bonds is 7. The molecule has 0 saturated heterocycles. The fourth-order valence-corrected chi connectivity index (χ4v) is 2.79. The van der Waals surface area contributed by atoms with E-state index in [4.69, 9.17) is 4.74 Å². The Morgan fingerprint density at radius 2 is 2.00 bits per heavy atom. The molecule has 0 aliphatic heterocycles. The molecule has 0 radical (unpaired) electrons. The van der Waals surface area contributed by atoms with E-state index in [1.165, 1.54) is 10.4 Å². The third-order valence-electron chi connectivity index (χ3n) is 3.44. The van der Waals surface area contributed by atoms with E-state index in [1.54, 1.807) is 18.4 Å². The lowest BCUT2D eigenvalue weighted by molar-refractivity contribution is 0.414. The summed E-state index contributed by atoms with van der Waals surface area (Å²) in [6, 6.07) is 8.15. The third-order valence-corrected chi connectivity index (χ3v) is 4.35. The minimum atomic E-state index is 0. The number of aromatic nitrogens is 1. The minimum Gasteiger partial charge on any atom is -0.497 e. The molecule has 2 rings (SSSR count). The van der Waals surface area contributed by atoms with Gasteiger partial charge in [0.25, 0.3) is 0 Å². The molecule has 24 heavy (non-hydrogen) atoms. The van der Waals surface area contributed by atoms with Gasteiger partial charge in [-0.25, -0.2) is 9.98 Å². The van der Waals surface area contributed by atoms with E-state index in [2.05, 4.69) is 39.7 Å². The minimum absolute atomic E-state index is 0. The van der Waals surface area contributed by atoms with Gasteiger partial charge in [0, 0.05) is 18.0 Å². The maximum atomic E-state index is 5.17. The van der Waals surface area contributed by atoms with Gasteiger partial charge in [-0.05, 0) is 38.0 Å². The first kappa shape index (κ1) is 20.7. The van der Waals surface area contributed by atoms with Crippen molar-refractivity contribution in [3.05, 3.63) is 45.9 Å². The van der Waals surface area contributed by atoms with Crippen molar-refractivity contribution in [1.29, 1.82) is 0 Å². The van der Waals surface area contributed by atoms with Gasteiger partial charge in [-0.2, -0.15) is 0 Å². The van der Waals surface area contributed by atoms with E-state index in [1.807, 2.05) is 24.6 Å². The molecule has 1 aromatic carbocycles. The summed E-state index contributed by atoms with van der Waals surface area (Å²) in [6.45, 7) is 6.42. The van der Waals surface area contributed by atoms with Gasteiger partial charge in [0.15, 0.2) is 5.96 Å². The molecule has 5 nitrogen and oxygen atoms in total. The number of methoxy groups -OCH3 is 1. The van der Waals surface area contributed by atoms with Crippen molar-refractivity contribution in [3.8, 4) is 5.75 Å². The molecule has 2 N–H and O–H groups in total. The maximum absolute atomic E-state index is 5.17. The number of nitrogens with zero attached hydrogens (tertiary/aromatic N) is 2. The largest absolute Gasteiger partial charge is 0.497 e. The lowest BCUT2D eigenvalue weighted by atomic mass is 10.1. The van der Waals surface area contributed by atoms with Crippen molar-refractivity contribution in [2.45, 2.75) is 26.8 Å². The van der Waals surface area contributed by atoms with Crippen LogP contribution in [0.3, 0.4) is 0 Å². The Kier molecular flexibility index (Phi) is 9.70. The van der Waals surface area contributed by atoms with Crippen molar-refractivity contribution in [2.24, 2.45) is 4.99 Å². The highest BCUT2D eigenvalue weighted by molar-refractivity contribution is 14.0. The van der Waals surface area contributed by atoms with Crippen LogP contribution in [0.15, 0.2) is 34.8 Å². The van der Waals surface area contributed by atoms with Crippen LogP contribution >= 0.6 is 35.3 Å². The van der Waals surface area contributed by atoms with Gasteiger partial charge in [-0.1, -0.05) is 12.1 Å². The first-order valence-corrected chi connectivity index (χ1v) is 8.65. The molecule has 7 heteroatoms. The summed E-state index contributed by atoms with van der Waals surface area (Å²) in [5, 5.41) is 6.64. The first-order chi connectivity index (χ1) is 11.2. The summed E-state index contributed by atoms with van der Waals surface area (Å²) in [5.74, 6) is 1.73. The molecule has 0 bridgehead atoms. The monoisotopic (exact) mass is 460 g/mol. The molecule has 0 amide bonds. The van der Waals surface area contributed by atoms with Gasteiger partial charge < -0.3 is 15.4 Å². The number of guanidine groups is 1. The number of aryl methyl sites for hydroxylation is 1. The van der Waals surface area contributed by atoms with Crippen LogP contribution in [0.5, 0.6) is 5.75 Å². The molecule has 132 valence electrons. The fourth-order valence-electron chi connectivity index (χ4n) is 2.09. The van der Waals surface area contributed by atoms with Crippen molar-refractivity contribution >= 4 is 41.3 Å². The molecule has 1 aromatic heterocycles. The highest BCUT2D eigenvalue weighted by Gasteiger charge is 2.02. The van der Waals surface area contributed by atoms with Gasteiger partial charge >= 0.3 is 0 Å². The summed E-state index contributed by atoms with van der Waals surface area (Å²) in [5.41, 5.74) is 4.20. The molecular formula is C17H25IN4OS. The van der Waals surface area contributed by atoms with Gasteiger partial charge in [0.1, 0.15) is 5.75 Å². The highest BCUT2D eigenvalue weighted by atomic mass is 127. The molecule has 0 fully saturated rings. The number of nitrogens with one attached hydrogen (secondary N) is 2. The predicted octanol–water partition coefficient (Wildman–Crippen LogP) is 3.38. The summed E-state index contributed by atoms with van der Waals surface area (Å²) in [4.78, 5) is 10.1. The van der Waals surface area contributed by atoms with Crippen LogP contribution in [0.2, 0.25) is 0 Å². The normalized spacial score (nSPS) is 10.9. The molecule has 0 atom stereocenters.